The maximum Gasteiger partial charge on any atom is 0.322 e. The van der Waals surface area contributed by atoms with Gasteiger partial charge in [-0.2, -0.15) is 0 Å². The van der Waals surface area contributed by atoms with Gasteiger partial charge in [-0.15, -0.1) is 0 Å². The SMILES string of the molecule is O=C(O)C(CCCCCc1ccc(Cl)cc1)S(=O)(=O)c1ccc2ccccc2c1. The lowest BCUT2D eigenvalue weighted by Gasteiger charge is -2.14. The summed E-state index contributed by atoms with van der Waals surface area (Å²) in [5.41, 5.74) is 1.16. The van der Waals surface area contributed by atoms with Crippen molar-refractivity contribution < 1.29 is 18.3 Å². The number of aryl methyl sites for hydroxylation is 1. The van der Waals surface area contributed by atoms with Crippen molar-refractivity contribution in [3.63, 3.8) is 0 Å². The van der Waals surface area contributed by atoms with Crippen LogP contribution in [0.25, 0.3) is 10.8 Å². The molecule has 0 aliphatic rings. The molecule has 6 heteroatoms. The molecular weight excluding hydrogens is 408 g/mol. The number of carbonyl (C=O) groups is 1. The Bertz CT molecular complexity index is 1090. The zero-order chi connectivity index (χ0) is 20.9. The molecule has 0 aliphatic heterocycles. The van der Waals surface area contributed by atoms with E-state index in [9.17, 15) is 18.3 Å². The molecule has 0 saturated heterocycles. The fraction of sp³-hybridized carbons (Fsp3) is 0.261. The third-order valence-electron chi connectivity index (χ3n) is 5.04. The Hall–Kier alpha value is -2.37. The molecule has 1 N–H and O–H groups in total. The van der Waals surface area contributed by atoms with Crippen molar-refractivity contribution in [2.75, 3.05) is 0 Å². The van der Waals surface area contributed by atoms with Crippen molar-refractivity contribution in [3.8, 4) is 0 Å². The fourth-order valence-corrected chi connectivity index (χ4v) is 5.15. The highest BCUT2D eigenvalue weighted by Crippen LogP contribution is 2.25. The molecule has 29 heavy (non-hydrogen) atoms. The number of halogens is 1. The molecule has 0 amide bonds. The van der Waals surface area contributed by atoms with Crippen LogP contribution in [0.5, 0.6) is 0 Å². The molecule has 0 saturated carbocycles. The summed E-state index contributed by atoms with van der Waals surface area (Å²) >= 11 is 5.87. The zero-order valence-corrected chi connectivity index (χ0v) is 17.5. The van der Waals surface area contributed by atoms with Crippen LogP contribution < -0.4 is 0 Å². The van der Waals surface area contributed by atoms with E-state index in [0.717, 1.165) is 35.6 Å². The van der Waals surface area contributed by atoms with Crippen molar-refractivity contribution in [1.82, 2.24) is 0 Å². The van der Waals surface area contributed by atoms with Crippen molar-refractivity contribution in [2.45, 2.75) is 42.2 Å². The largest absolute Gasteiger partial charge is 0.480 e. The number of hydrogen-bond acceptors (Lipinski definition) is 3. The second-order valence-electron chi connectivity index (χ2n) is 7.11. The standard InChI is InChI=1S/C23H23ClO4S/c24-20-13-10-17(11-14-20)6-2-1-3-9-22(23(25)26)29(27,28)21-15-12-18-7-4-5-8-19(18)16-21/h4-5,7-8,10-16,22H,1-3,6,9H2,(H,25,26). The minimum absolute atomic E-state index is 0.0600. The Balaban J connectivity index is 1.63. The maximum absolute atomic E-state index is 12.9. The van der Waals surface area contributed by atoms with Gasteiger partial charge >= 0.3 is 5.97 Å². The molecule has 0 radical (unpaired) electrons. The number of benzene rings is 3. The predicted octanol–water partition coefficient (Wildman–Crippen LogP) is 5.52. The van der Waals surface area contributed by atoms with Gasteiger partial charge in [0.25, 0.3) is 0 Å². The molecule has 0 bridgehead atoms. The molecule has 0 heterocycles. The highest BCUT2D eigenvalue weighted by molar-refractivity contribution is 7.92. The first kappa shape index (κ1) is 21.3. The van der Waals surface area contributed by atoms with Gasteiger partial charge in [-0.05, 0) is 59.9 Å². The summed E-state index contributed by atoms with van der Waals surface area (Å²) in [4.78, 5) is 11.8. The summed E-state index contributed by atoms with van der Waals surface area (Å²) in [6.07, 6.45) is 3.12. The number of carboxylic acid groups (broad SMARTS) is 1. The predicted molar refractivity (Wildman–Crippen MR) is 116 cm³/mol. The topological polar surface area (TPSA) is 71.4 Å². The van der Waals surface area contributed by atoms with Gasteiger partial charge < -0.3 is 5.11 Å². The molecule has 0 spiro atoms. The number of fused-ring (bicyclic) bond motifs is 1. The number of unbranched alkanes of at least 4 members (excludes halogenated alkanes) is 2. The first-order valence-electron chi connectivity index (χ1n) is 9.58. The van der Waals surface area contributed by atoms with Crippen molar-refractivity contribution in [2.24, 2.45) is 0 Å². The van der Waals surface area contributed by atoms with Gasteiger partial charge in [0, 0.05) is 5.02 Å². The van der Waals surface area contributed by atoms with E-state index in [2.05, 4.69) is 0 Å². The Kier molecular flexibility index (Phi) is 6.93. The van der Waals surface area contributed by atoms with E-state index >= 15 is 0 Å². The number of hydrogen-bond donors (Lipinski definition) is 1. The van der Waals surface area contributed by atoms with Crippen LogP contribution in [-0.4, -0.2) is 24.7 Å². The van der Waals surface area contributed by atoms with E-state index < -0.39 is 21.1 Å². The molecule has 1 unspecified atom stereocenters. The summed E-state index contributed by atoms with van der Waals surface area (Å²) < 4.78 is 25.9. The summed E-state index contributed by atoms with van der Waals surface area (Å²) in [5.74, 6) is -1.30. The van der Waals surface area contributed by atoms with E-state index in [1.165, 1.54) is 6.07 Å². The van der Waals surface area contributed by atoms with Gasteiger partial charge in [0.15, 0.2) is 15.1 Å². The second-order valence-corrected chi connectivity index (χ2v) is 9.67. The second kappa shape index (κ2) is 9.42. The average Bonchev–Trinajstić information content (AvgIpc) is 2.71. The van der Waals surface area contributed by atoms with E-state index in [0.29, 0.717) is 11.4 Å². The zero-order valence-electron chi connectivity index (χ0n) is 15.9. The number of rotatable bonds is 9. The van der Waals surface area contributed by atoms with Crippen LogP contribution in [0, 0.1) is 0 Å². The van der Waals surface area contributed by atoms with Crippen LogP contribution in [0.4, 0.5) is 0 Å². The van der Waals surface area contributed by atoms with Gasteiger partial charge in [0.2, 0.25) is 0 Å². The maximum atomic E-state index is 12.9. The molecular formula is C23H23ClO4S. The summed E-state index contributed by atoms with van der Waals surface area (Å²) in [6.45, 7) is 0. The van der Waals surface area contributed by atoms with Gasteiger partial charge in [-0.25, -0.2) is 8.42 Å². The molecule has 0 fully saturated rings. The van der Waals surface area contributed by atoms with Crippen LogP contribution in [0.15, 0.2) is 71.6 Å². The van der Waals surface area contributed by atoms with Crippen molar-refractivity contribution >= 4 is 38.2 Å². The van der Waals surface area contributed by atoms with E-state index in [1.807, 2.05) is 48.5 Å². The number of carboxylic acids is 1. The molecule has 3 aromatic carbocycles. The third-order valence-corrected chi connectivity index (χ3v) is 7.39. The van der Waals surface area contributed by atoms with E-state index in [4.69, 9.17) is 11.6 Å². The van der Waals surface area contributed by atoms with Crippen LogP contribution in [0.1, 0.15) is 31.2 Å². The lowest BCUT2D eigenvalue weighted by atomic mass is 10.1. The van der Waals surface area contributed by atoms with Gasteiger partial charge in [0.05, 0.1) is 4.90 Å². The molecule has 0 aromatic heterocycles. The van der Waals surface area contributed by atoms with Crippen LogP contribution in [-0.2, 0) is 21.1 Å². The number of sulfone groups is 1. The quantitative estimate of drug-likeness (QED) is 0.453. The molecule has 4 nitrogen and oxygen atoms in total. The minimum Gasteiger partial charge on any atom is -0.480 e. The normalized spacial score (nSPS) is 12.7. The van der Waals surface area contributed by atoms with E-state index in [1.54, 1.807) is 12.1 Å². The molecule has 3 aromatic rings. The van der Waals surface area contributed by atoms with Crippen LogP contribution in [0.2, 0.25) is 5.02 Å². The third kappa shape index (κ3) is 5.37. The fourth-order valence-electron chi connectivity index (χ4n) is 3.41. The lowest BCUT2D eigenvalue weighted by Crippen LogP contribution is -2.30. The monoisotopic (exact) mass is 430 g/mol. The first-order chi connectivity index (χ1) is 13.9. The summed E-state index contributed by atoms with van der Waals surface area (Å²) in [7, 11) is -3.95. The molecule has 152 valence electrons. The van der Waals surface area contributed by atoms with Crippen molar-refractivity contribution in [1.29, 1.82) is 0 Å². The lowest BCUT2D eigenvalue weighted by molar-refractivity contribution is -0.136. The summed E-state index contributed by atoms with van der Waals surface area (Å²) in [5, 5.41) is 10.5. The summed E-state index contributed by atoms with van der Waals surface area (Å²) in [6, 6.07) is 19.8. The average molecular weight is 431 g/mol. The molecule has 1 atom stereocenters. The molecule has 3 rings (SSSR count). The minimum atomic E-state index is -3.95. The first-order valence-corrected chi connectivity index (χ1v) is 11.5. The Morgan fingerprint density at radius 2 is 1.59 bits per heavy atom. The Labute approximate surface area is 176 Å². The highest BCUT2D eigenvalue weighted by atomic mass is 35.5. The highest BCUT2D eigenvalue weighted by Gasteiger charge is 2.33. The Morgan fingerprint density at radius 3 is 2.28 bits per heavy atom. The van der Waals surface area contributed by atoms with Gasteiger partial charge in [-0.3, -0.25) is 4.79 Å². The van der Waals surface area contributed by atoms with Crippen molar-refractivity contribution in [3.05, 3.63) is 77.3 Å². The van der Waals surface area contributed by atoms with Crippen LogP contribution in [0.3, 0.4) is 0 Å². The van der Waals surface area contributed by atoms with Gasteiger partial charge in [0.1, 0.15) is 0 Å². The van der Waals surface area contributed by atoms with Crippen LogP contribution >= 0.6 is 11.6 Å². The van der Waals surface area contributed by atoms with Gasteiger partial charge in [-0.1, -0.05) is 66.9 Å². The molecule has 0 aliphatic carbocycles. The Morgan fingerprint density at radius 1 is 0.897 bits per heavy atom. The smallest absolute Gasteiger partial charge is 0.322 e. The number of aliphatic carboxylic acids is 1. The van der Waals surface area contributed by atoms with E-state index in [-0.39, 0.29) is 11.3 Å².